The van der Waals surface area contributed by atoms with Crippen LogP contribution in [-0.2, 0) is 14.3 Å². The maximum atomic E-state index is 11.0. The first-order valence-corrected chi connectivity index (χ1v) is 3.70. The van der Waals surface area contributed by atoms with E-state index in [-0.39, 0.29) is 24.5 Å². The summed E-state index contributed by atoms with van der Waals surface area (Å²) in [5.41, 5.74) is 0. The molecule has 0 aromatic carbocycles. The highest BCUT2D eigenvalue weighted by atomic mass is 16.5. The molecule has 1 aliphatic rings. The van der Waals surface area contributed by atoms with Gasteiger partial charge in [-0.1, -0.05) is 0 Å². The molecule has 1 amide bonds. The fraction of sp³-hybridized carbons (Fsp3) is 0.714. The Morgan fingerprint density at radius 1 is 1.75 bits per heavy atom. The van der Waals surface area contributed by atoms with E-state index >= 15 is 0 Å². The first-order chi connectivity index (χ1) is 5.65. The SMILES string of the molecule is COC(=O)[C@@H]1CN(C)C(=O)CN1. The van der Waals surface area contributed by atoms with Crippen LogP contribution in [0, 0.1) is 0 Å². The second kappa shape index (κ2) is 3.53. The van der Waals surface area contributed by atoms with Crippen molar-refractivity contribution in [2.45, 2.75) is 6.04 Å². The Hall–Kier alpha value is -1.10. The number of carbonyl (C=O) groups excluding carboxylic acids is 2. The number of piperazine rings is 1. The maximum Gasteiger partial charge on any atom is 0.324 e. The normalized spacial score (nSPS) is 24.0. The summed E-state index contributed by atoms with van der Waals surface area (Å²) in [6, 6.07) is -0.377. The van der Waals surface area contributed by atoms with E-state index in [1.54, 1.807) is 7.05 Å². The van der Waals surface area contributed by atoms with Crippen LogP contribution in [-0.4, -0.2) is 50.1 Å². The molecule has 0 saturated carbocycles. The summed E-state index contributed by atoms with van der Waals surface area (Å²) in [7, 11) is 3.00. The molecular weight excluding hydrogens is 160 g/mol. The number of nitrogens with one attached hydrogen (secondary N) is 1. The number of rotatable bonds is 1. The molecule has 1 aliphatic heterocycles. The van der Waals surface area contributed by atoms with Crippen molar-refractivity contribution in [2.24, 2.45) is 0 Å². The van der Waals surface area contributed by atoms with Gasteiger partial charge in [0.05, 0.1) is 13.7 Å². The molecule has 1 atom stereocenters. The smallest absolute Gasteiger partial charge is 0.324 e. The zero-order chi connectivity index (χ0) is 9.14. The third-order valence-electron chi connectivity index (χ3n) is 1.87. The van der Waals surface area contributed by atoms with Crippen LogP contribution in [0.5, 0.6) is 0 Å². The zero-order valence-electron chi connectivity index (χ0n) is 7.16. The summed E-state index contributed by atoms with van der Waals surface area (Å²) in [5.74, 6) is -0.329. The number of likely N-dealkylation sites (N-methyl/N-ethyl adjacent to an activating group) is 1. The number of methoxy groups -OCH3 is 1. The van der Waals surface area contributed by atoms with Gasteiger partial charge in [-0.15, -0.1) is 0 Å². The van der Waals surface area contributed by atoms with E-state index in [1.165, 1.54) is 12.0 Å². The van der Waals surface area contributed by atoms with Gasteiger partial charge >= 0.3 is 5.97 Å². The number of nitrogens with zero attached hydrogens (tertiary/aromatic N) is 1. The maximum absolute atomic E-state index is 11.0. The topological polar surface area (TPSA) is 58.6 Å². The van der Waals surface area contributed by atoms with Gasteiger partial charge in [0.15, 0.2) is 0 Å². The summed E-state index contributed by atoms with van der Waals surface area (Å²) < 4.78 is 4.53. The van der Waals surface area contributed by atoms with E-state index in [0.717, 1.165) is 0 Å². The predicted molar refractivity (Wildman–Crippen MR) is 41.4 cm³/mol. The minimum atomic E-state index is -0.377. The van der Waals surface area contributed by atoms with Crippen molar-refractivity contribution in [3.05, 3.63) is 0 Å². The molecule has 0 aromatic heterocycles. The molecule has 1 fully saturated rings. The standard InChI is InChI=1S/C7H12N2O3/c1-9-4-5(7(11)12-2)8-3-6(9)10/h5,8H,3-4H2,1-2H3/t5-/m0/s1. The number of ether oxygens (including phenoxy) is 1. The largest absolute Gasteiger partial charge is 0.468 e. The van der Waals surface area contributed by atoms with Gasteiger partial charge in [0, 0.05) is 13.6 Å². The molecule has 0 spiro atoms. The molecule has 5 nitrogen and oxygen atoms in total. The molecule has 0 bridgehead atoms. The number of amides is 1. The van der Waals surface area contributed by atoms with Crippen LogP contribution >= 0.6 is 0 Å². The summed E-state index contributed by atoms with van der Waals surface area (Å²) >= 11 is 0. The highest BCUT2D eigenvalue weighted by Crippen LogP contribution is 1.98. The van der Waals surface area contributed by atoms with Crippen molar-refractivity contribution in [3.63, 3.8) is 0 Å². The van der Waals surface area contributed by atoms with Gasteiger partial charge in [-0.3, -0.25) is 14.9 Å². The second-order valence-corrected chi connectivity index (χ2v) is 2.73. The highest BCUT2D eigenvalue weighted by molar-refractivity contribution is 5.83. The Labute approximate surface area is 70.7 Å². The van der Waals surface area contributed by atoms with Gasteiger partial charge in [-0.25, -0.2) is 0 Å². The van der Waals surface area contributed by atoms with Crippen LogP contribution in [0.4, 0.5) is 0 Å². The molecule has 0 unspecified atom stereocenters. The Bertz CT molecular complexity index is 205. The minimum absolute atomic E-state index is 0.00449. The lowest BCUT2D eigenvalue weighted by Gasteiger charge is -2.28. The quantitative estimate of drug-likeness (QED) is 0.494. The summed E-state index contributed by atoms with van der Waals surface area (Å²) in [5, 5.41) is 2.78. The lowest BCUT2D eigenvalue weighted by molar-refractivity contribution is -0.146. The molecule has 5 heteroatoms. The molecule has 1 heterocycles. The van der Waals surface area contributed by atoms with Crippen LogP contribution in [0.25, 0.3) is 0 Å². The van der Waals surface area contributed by atoms with Crippen molar-refractivity contribution in [1.82, 2.24) is 10.2 Å². The van der Waals surface area contributed by atoms with Gasteiger partial charge in [0.25, 0.3) is 0 Å². The Morgan fingerprint density at radius 3 is 2.92 bits per heavy atom. The first-order valence-electron chi connectivity index (χ1n) is 3.70. The van der Waals surface area contributed by atoms with Crippen molar-refractivity contribution in [1.29, 1.82) is 0 Å². The predicted octanol–water partition coefficient (Wildman–Crippen LogP) is -1.41. The van der Waals surface area contributed by atoms with E-state index in [0.29, 0.717) is 6.54 Å². The van der Waals surface area contributed by atoms with E-state index in [2.05, 4.69) is 10.1 Å². The van der Waals surface area contributed by atoms with Gasteiger partial charge in [0.1, 0.15) is 6.04 Å². The van der Waals surface area contributed by atoms with Crippen molar-refractivity contribution < 1.29 is 14.3 Å². The monoisotopic (exact) mass is 172 g/mol. The Balaban J connectivity index is 2.50. The Kier molecular flexibility index (Phi) is 2.65. The molecule has 12 heavy (non-hydrogen) atoms. The first kappa shape index (κ1) is 8.99. The van der Waals surface area contributed by atoms with Crippen LogP contribution in [0.2, 0.25) is 0 Å². The molecule has 68 valence electrons. The number of hydrogen-bond acceptors (Lipinski definition) is 4. The van der Waals surface area contributed by atoms with Crippen molar-refractivity contribution >= 4 is 11.9 Å². The van der Waals surface area contributed by atoms with Crippen LogP contribution < -0.4 is 5.32 Å². The molecule has 0 radical (unpaired) electrons. The third-order valence-corrected chi connectivity index (χ3v) is 1.87. The summed E-state index contributed by atoms with van der Waals surface area (Å²) in [6.07, 6.45) is 0. The lowest BCUT2D eigenvalue weighted by atomic mass is 10.2. The molecule has 0 aliphatic carbocycles. The van der Waals surface area contributed by atoms with Crippen LogP contribution in [0.1, 0.15) is 0 Å². The van der Waals surface area contributed by atoms with Gasteiger partial charge in [-0.2, -0.15) is 0 Å². The van der Waals surface area contributed by atoms with E-state index in [4.69, 9.17) is 0 Å². The average molecular weight is 172 g/mol. The molecular formula is C7H12N2O3. The highest BCUT2D eigenvalue weighted by Gasteiger charge is 2.27. The zero-order valence-corrected chi connectivity index (χ0v) is 7.16. The number of hydrogen-bond donors (Lipinski definition) is 1. The Morgan fingerprint density at radius 2 is 2.42 bits per heavy atom. The second-order valence-electron chi connectivity index (χ2n) is 2.73. The van der Waals surface area contributed by atoms with Crippen molar-refractivity contribution in [3.8, 4) is 0 Å². The average Bonchev–Trinajstić information content (AvgIpc) is 2.08. The minimum Gasteiger partial charge on any atom is -0.468 e. The molecule has 1 rings (SSSR count). The fourth-order valence-corrected chi connectivity index (χ4v) is 1.09. The van der Waals surface area contributed by atoms with E-state index in [9.17, 15) is 9.59 Å². The van der Waals surface area contributed by atoms with E-state index < -0.39 is 0 Å². The van der Waals surface area contributed by atoms with Crippen LogP contribution in [0.15, 0.2) is 0 Å². The van der Waals surface area contributed by atoms with Crippen molar-refractivity contribution in [2.75, 3.05) is 27.2 Å². The third kappa shape index (κ3) is 1.73. The number of esters is 1. The van der Waals surface area contributed by atoms with Gasteiger partial charge in [-0.05, 0) is 0 Å². The van der Waals surface area contributed by atoms with E-state index in [1.807, 2.05) is 0 Å². The lowest BCUT2D eigenvalue weighted by Crippen LogP contribution is -2.55. The summed E-state index contributed by atoms with van der Waals surface area (Å²) in [6.45, 7) is 0.585. The number of carbonyl (C=O) groups is 2. The molecule has 1 N–H and O–H groups in total. The molecule has 1 saturated heterocycles. The van der Waals surface area contributed by atoms with Gasteiger partial charge < -0.3 is 9.64 Å². The molecule has 0 aromatic rings. The van der Waals surface area contributed by atoms with Crippen LogP contribution in [0.3, 0.4) is 0 Å². The fourth-order valence-electron chi connectivity index (χ4n) is 1.09. The van der Waals surface area contributed by atoms with Gasteiger partial charge in [0.2, 0.25) is 5.91 Å². The summed E-state index contributed by atoms with van der Waals surface area (Å²) in [4.78, 5) is 23.5.